The van der Waals surface area contributed by atoms with Crippen molar-refractivity contribution in [2.45, 2.75) is 25.4 Å². The van der Waals surface area contributed by atoms with Gasteiger partial charge in [0.2, 0.25) is 0 Å². The van der Waals surface area contributed by atoms with Crippen molar-refractivity contribution in [1.29, 1.82) is 5.26 Å². The molecule has 2 rings (SSSR count). The Morgan fingerprint density at radius 3 is 3.06 bits per heavy atom. The van der Waals surface area contributed by atoms with Gasteiger partial charge in [0.15, 0.2) is 0 Å². The lowest BCUT2D eigenvalue weighted by molar-refractivity contribution is 0.0247. The third-order valence-corrected chi connectivity index (χ3v) is 3.39. The van der Waals surface area contributed by atoms with Crippen molar-refractivity contribution in [2.24, 2.45) is 0 Å². The van der Waals surface area contributed by atoms with Crippen LogP contribution in [0.3, 0.4) is 0 Å². The van der Waals surface area contributed by atoms with Crippen molar-refractivity contribution in [2.75, 3.05) is 18.5 Å². The summed E-state index contributed by atoms with van der Waals surface area (Å²) in [5.41, 5.74) is 1.54. The first-order valence-electron chi connectivity index (χ1n) is 5.85. The maximum atomic E-state index is 9.01. The molecule has 1 N–H and O–H groups in total. The highest BCUT2D eigenvalue weighted by atomic mass is 79.9. The zero-order valence-corrected chi connectivity index (χ0v) is 11.2. The van der Waals surface area contributed by atoms with Crippen molar-refractivity contribution in [3.05, 3.63) is 28.2 Å². The van der Waals surface area contributed by atoms with Crippen molar-refractivity contribution in [1.82, 2.24) is 0 Å². The second-order valence-electron chi connectivity index (χ2n) is 4.17. The number of hydrogen-bond donors (Lipinski definition) is 1. The summed E-state index contributed by atoms with van der Waals surface area (Å²) in [7, 11) is 0. The van der Waals surface area contributed by atoms with Crippen molar-refractivity contribution in [3.63, 3.8) is 0 Å². The molecule has 17 heavy (non-hydrogen) atoms. The normalized spacial score (nSPS) is 19.6. The number of ether oxygens (including phenoxy) is 1. The molecule has 1 aromatic carbocycles. The first-order valence-corrected chi connectivity index (χ1v) is 6.64. The number of nitrogens with zero attached hydrogens (tertiary/aromatic N) is 1. The van der Waals surface area contributed by atoms with Gasteiger partial charge in [-0.25, -0.2) is 0 Å². The summed E-state index contributed by atoms with van der Waals surface area (Å²) in [5.74, 6) is 0. The molecule has 1 saturated heterocycles. The van der Waals surface area contributed by atoms with Gasteiger partial charge in [-0.1, -0.05) is 15.9 Å². The summed E-state index contributed by atoms with van der Waals surface area (Å²) in [4.78, 5) is 0. The number of benzene rings is 1. The second kappa shape index (κ2) is 6.04. The van der Waals surface area contributed by atoms with Crippen LogP contribution in [0.15, 0.2) is 22.7 Å². The van der Waals surface area contributed by atoms with Gasteiger partial charge in [-0.05, 0) is 37.5 Å². The van der Waals surface area contributed by atoms with Gasteiger partial charge >= 0.3 is 0 Å². The van der Waals surface area contributed by atoms with Gasteiger partial charge in [-0.2, -0.15) is 5.26 Å². The highest BCUT2D eigenvalue weighted by molar-refractivity contribution is 9.10. The van der Waals surface area contributed by atoms with Gasteiger partial charge in [0, 0.05) is 17.6 Å². The Hall–Kier alpha value is -1.05. The molecule has 1 aromatic rings. The third-order valence-electron chi connectivity index (χ3n) is 2.90. The molecular weight excluding hydrogens is 280 g/mol. The Morgan fingerprint density at radius 1 is 1.47 bits per heavy atom. The molecule has 4 heteroatoms. The van der Waals surface area contributed by atoms with E-state index in [9.17, 15) is 0 Å². The molecule has 0 bridgehead atoms. The number of halogens is 1. The van der Waals surface area contributed by atoms with Crippen LogP contribution in [0, 0.1) is 11.3 Å². The fourth-order valence-electron chi connectivity index (χ4n) is 1.95. The molecule has 0 amide bonds. The first-order chi connectivity index (χ1) is 8.29. The van der Waals surface area contributed by atoms with E-state index in [-0.39, 0.29) is 6.10 Å². The smallest absolute Gasteiger partial charge is 0.101 e. The molecule has 1 atom stereocenters. The summed E-state index contributed by atoms with van der Waals surface area (Å²) < 4.78 is 6.62. The molecule has 0 saturated carbocycles. The van der Waals surface area contributed by atoms with Gasteiger partial charge in [0.25, 0.3) is 0 Å². The Bertz CT molecular complexity index is 422. The summed E-state index contributed by atoms with van der Waals surface area (Å²) in [5, 5.41) is 12.3. The molecular formula is C13H15BrN2O. The summed E-state index contributed by atoms with van der Waals surface area (Å²) in [6, 6.07) is 7.81. The van der Waals surface area contributed by atoms with E-state index in [4.69, 9.17) is 10.00 Å². The minimum absolute atomic E-state index is 0.272. The minimum atomic E-state index is 0.272. The Labute approximate surface area is 110 Å². The van der Waals surface area contributed by atoms with Gasteiger partial charge in [-0.15, -0.1) is 0 Å². The summed E-state index contributed by atoms with van der Waals surface area (Å²) in [6.07, 6.45) is 3.77. The molecule has 90 valence electrons. The third kappa shape index (κ3) is 3.45. The molecule has 1 aliphatic rings. The average Bonchev–Trinajstić information content (AvgIpc) is 2.38. The lowest BCUT2D eigenvalue weighted by atomic mass is 10.1. The van der Waals surface area contributed by atoms with E-state index in [0.717, 1.165) is 36.2 Å². The number of hydrogen-bond acceptors (Lipinski definition) is 3. The SMILES string of the molecule is N#Cc1ccc(Br)cc1NCC1CCCCO1. The summed E-state index contributed by atoms with van der Waals surface area (Å²) in [6.45, 7) is 1.63. The molecule has 3 nitrogen and oxygen atoms in total. The highest BCUT2D eigenvalue weighted by Crippen LogP contribution is 2.21. The molecule has 0 spiro atoms. The van der Waals surface area contributed by atoms with Gasteiger partial charge in [0.1, 0.15) is 6.07 Å². The lowest BCUT2D eigenvalue weighted by Crippen LogP contribution is -2.27. The van der Waals surface area contributed by atoms with Crippen LogP contribution in [0.2, 0.25) is 0 Å². The fourth-order valence-corrected chi connectivity index (χ4v) is 2.31. The maximum Gasteiger partial charge on any atom is 0.101 e. The highest BCUT2D eigenvalue weighted by Gasteiger charge is 2.14. The molecule has 0 aliphatic carbocycles. The van der Waals surface area contributed by atoms with E-state index in [1.165, 1.54) is 6.42 Å². The number of rotatable bonds is 3. The summed E-state index contributed by atoms with van der Waals surface area (Å²) >= 11 is 3.41. The van der Waals surface area contributed by atoms with Crippen LogP contribution in [0.5, 0.6) is 0 Å². The van der Waals surface area contributed by atoms with E-state index < -0.39 is 0 Å². The molecule has 1 aliphatic heterocycles. The molecule has 1 fully saturated rings. The van der Waals surface area contributed by atoms with Crippen LogP contribution in [0.1, 0.15) is 24.8 Å². The topological polar surface area (TPSA) is 45.0 Å². The fraction of sp³-hybridized carbons (Fsp3) is 0.462. The minimum Gasteiger partial charge on any atom is -0.381 e. The van der Waals surface area contributed by atoms with E-state index in [2.05, 4.69) is 27.3 Å². The molecule has 1 heterocycles. The number of anilines is 1. The maximum absolute atomic E-state index is 9.01. The lowest BCUT2D eigenvalue weighted by Gasteiger charge is -2.23. The van der Waals surface area contributed by atoms with E-state index in [1.807, 2.05) is 18.2 Å². The van der Waals surface area contributed by atoms with Crippen molar-refractivity contribution in [3.8, 4) is 6.07 Å². The quantitative estimate of drug-likeness (QED) is 0.930. The largest absolute Gasteiger partial charge is 0.381 e. The predicted molar refractivity (Wildman–Crippen MR) is 70.9 cm³/mol. The average molecular weight is 295 g/mol. The van der Waals surface area contributed by atoms with E-state index in [1.54, 1.807) is 0 Å². The van der Waals surface area contributed by atoms with Gasteiger partial charge in [0.05, 0.1) is 17.4 Å². The van der Waals surface area contributed by atoms with Crippen LogP contribution in [0.4, 0.5) is 5.69 Å². The Morgan fingerprint density at radius 2 is 2.35 bits per heavy atom. The molecule has 1 unspecified atom stereocenters. The number of nitrogens with one attached hydrogen (secondary N) is 1. The molecule has 0 radical (unpaired) electrons. The standard InChI is InChI=1S/C13H15BrN2O/c14-11-5-4-10(8-15)13(7-11)16-9-12-3-1-2-6-17-12/h4-5,7,12,16H,1-3,6,9H2. The monoisotopic (exact) mass is 294 g/mol. The van der Waals surface area contributed by atoms with Crippen molar-refractivity contribution < 1.29 is 4.74 Å². The molecule has 0 aromatic heterocycles. The van der Waals surface area contributed by atoms with Crippen LogP contribution in [-0.2, 0) is 4.74 Å². The van der Waals surface area contributed by atoms with E-state index >= 15 is 0 Å². The number of nitriles is 1. The first kappa shape index (κ1) is 12.4. The zero-order valence-electron chi connectivity index (χ0n) is 9.58. The van der Waals surface area contributed by atoms with Crippen LogP contribution < -0.4 is 5.32 Å². The van der Waals surface area contributed by atoms with Crippen molar-refractivity contribution >= 4 is 21.6 Å². The van der Waals surface area contributed by atoms with Gasteiger partial charge in [-0.3, -0.25) is 0 Å². The predicted octanol–water partition coefficient (Wildman–Crippen LogP) is 3.30. The van der Waals surface area contributed by atoms with E-state index in [0.29, 0.717) is 5.56 Å². The zero-order chi connectivity index (χ0) is 12.1. The Balaban J connectivity index is 1.98. The van der Waals surface area contributed by atoms with Crippen LogP contribution >= 0.6 is 15.9 Å². The van der Waals surface area contributed by atoms with Gasteiger partial charge < -0.3 is 10.1 Å². The van der Waals surface area contributed by atoms with Crippen LogP contribution in [0.25, 0.3) is 0 Å². The van der Waals surface area contributed by atoms with Crippen LogP contribution in [-0.4, -0.2) is 19.3 Å². The Kier molecular flexibility index (Phi) is 4.41. The second-order valence-corrected chi connectivity index (χ2v) is 5.09.